The van der Waals surface area contributed by atoms with Crippen LogP contribution in [0.5, 0.6) is 0 Å². The van der Waals surface area contributed by atoms with Gasteiger partial charge >= 0.3 is 0 Å². The summed E-state index contributed by atoms with van der Waals surface area (Å²) in [4.78, 5) is 11.5. The average Bonchev–Trinajstić information content (AvgIpc) is 2.27. The number of ether oxygens (including phenoxy) is 1. The summed E-state index contributed by atoms with van der Waals surface area (Å²) in [6.45, 7) is 6.36. The van der Waals surface area contributed by atoms with Crippen molar-refractivity contribution >= 4 is 5.91 Å². The minimum Gasteiger partial charge on any atom is -0.377 e. The Bertz CT molecular complexity index is 241. The first-order chi connectivity index (χ1) is 7.47. The first-order valence-corrected chi connectivity index (χ1v) is 6.10. The molecule has 94 valence electrons. The highest BCUT2D eigenvalue weighted by Gasteiger charge is 2.30. The molecule has 1 amide bonds. The van der Waals surface area contributed by atoms with E-state index in [0.29, 0.717) is 18.6 Å². The minimum atomic E-state index is -0.550. The summed E-state index contributed by atoms with van der Waals surface area (Å²) in [7, 11) is 0. The molecule has 3 N–H and O–H groups in total. The van der Waals surface area contributed by atoms with Gasteiger partial charge in [0.05, 0.1) is 18.1 Å². The summed E-state index contributed by atoms with van der Waals surface area (Å²) in [5.74, 6) is 5.57. The summed E-state index contributed by atoms with van der Waals surface area (Å²) in [5, 5.41) is 0. The van der Waals surface area contributed by atoms with Crippen LogP contribution in [0.1, 0.15) is 46.5 Å². The van der Waals surface area contributed by atoms with E-state index in [-0.39, 0.29) is 5.91 Å². The van der Waals surface area contributed by atoms with Crippen molar-refractivity contribution in [3.05, 3.63) is 0 Å². The Morgan fingerprint density at radius 1 is 1.44 bits per heavy atom. The smallest absolute Gasteiger partial charge is 0.241 e. The number of hydrogen-bond acceptors (Lipinski definition) is 3. The second kappa shape index (κ2) is 5.64. The van der Waals surface area contributed by atoms with E-state index in [9.17, 15) is 4.79 Å². The fraction of sp³-hybridized carbons (Fsp3) is 0.917. The van der Waals surface area contributed by atoms with E-state index < -0.39 is 5.41 Å². The third-order valence-corrected chi connectivity index (χ3v) is 3.44. The summed E-state index contributed by atoms with van der Waals surface area (Å²) >= 11 is 0. The molecule has 0 spiro atoms. The highest BCUT2D eigenvalue weighted by Crippen LogP contribution is 2.28. The lowest BCUT2D eigenvalue weighted by Gasteiger charge is -2.32. The SMILES string of the molecule is CC1CCCCC1OCC(C)(C)C(=O)NN. The van der Waals surface area contributed by atoms with Crippen LogP contribution in [0.25, 0.3) is 0 Å². The van der Waals surface area contributed by atoms with E-state index in [0.717, 1.165) is 6.42 Å². The van der Waals surface area contributed by atoms with Crippen molar-refractivity contribution in [2.24, 2.45) is 17.2 Å². The molecule has 1 aliphatic rings. The van der Waals surface area contributed by atoms with Crippen LogP contribution in [-0.4, -0.2) is 18.6 Å². The van der Waals surface area contributed by atoms with Crippen LogP contribution in [0.15, 0.2) is 0 Å². The molecule has 4 nitrogen and oxygen atoms in total. The molecule has 1 aliphatic carbocycles. The zero-order valence-electron chi connectivity index (χ0n) is 10.6. The van der Waals surface area contributed by atoms with Crippen molar-refractivity contribution < 1.29 is 9.53 Å². The molecule has 0 bridgehead atoms. The molecule has 0 saturated heterocycles. The number of carbonyl (C=O) groups excluding carboxylic acids is 1. The highest BCUT2D eigenvalue weighted by atomic mass is 16.5. The van der Waals surface area contributed by atoms with Crippen molar-refractivity contribution in [2.75, 3.05) is 6.61 Å². The number of hydrogen-bond donors (Lipinski definition) is 2. The molecule has 0 heterocycles. The summed E-state index contributed by atoms with van der Waals surface area (Å²) in [6.07, 6.45) is 5.18. The molecule has 1 saturated carbocycles. The normalized spacial score (nSPS) is 26.5. The van der Waals surface area contributed by atoms with Crippen molar-refractivity contribution in [2.45, 2.75) is 52.6 Å². The Morgan fingerprint density at radius 2 is 2.06 bits per heavy atom. The molecule has 2 atom stereocenters. The molecular formula is C12H24N2O2. The van der Waals surface area contributed by atoms with Gasteiger partial charge in [0.25, 0.3) is 0 Å². The van der Waals surface area contributed by atoms with Gasteiger partial charge in [0.15, 0.2) is 0 Å². The van der Waals surface area contributed by atoms with Gasteiger partial charge in [-0.2, -0.15) is 0 Å². The van der Waals surface area contributed by atoms with Crippen LogP contribution < -0.4 is 11.3 Å². The van der Waals surface area contributed by atoms with Crippen molar-refractivity contribution in [1.29, 1.82) is 0 Å². The molecule has 1 rings (SSSR count). The summed E-state index contributed by atoms with van der Waals surface area (Å²) in [5.41, 5.74) is 1.64. The maximum absolute atomic E-state index is 11.5. The second-order valence-corrected chi connectivity index (χ2v) is 5.47. The van der Waals surface area contributed by atoms with Crippen LogP contribution in [0.3, 0.4) is 0 Å². The third kappa shape index (κ3) is 3.46. The lowest BCUT2D eigenvalue weighted by atomic mass is 9.87. The van der Waals surface area contributed by atoms with Gasteiger partial charge in [-0.15, -0.1) is 0 Å². The first-order valence-electron chi connectivity index (χ1n) is 6.10. The lowest BCUT2D eigenvalue weighted by Crippen LogP contribution is -2.44. The number of hydrazine groups is 1. The van der Waals surface area contributed by atoms with Crippen molar-refractivity contribution in [3.63, 3.8) is 0 Å². The van der Waals surface area contributed by atoms with Gasteiger partial charge in [0, 0.05) is 0 Å². The summed E-state index contributed by atoms with van der Waals surface area (Å²) in [6, 6.07) is 0. The number of nitrogens with two attached hydrogens (primary N) is 1. The van der Waals surface area contributed by atoms with Gasteiger partial charge < -0.3 is 4.74 Å². The Hall–Kier alpha value is -0.610. The van der Waals surface area contributed by atoms with Crippen LogP contribution in [0.4, 0.5) is 0 Å². The monoisotopic (exact) mass is 228 g/mol. The molecule has 2 unspecified atom stereocenters. The summed E-state index contributed by atoms with van der Waals surface area (Å²) < 4.78 is 5.87. The predicted octanol–water partition coefficient (Wildman–Crippen LogP) is 1.60. The fourth-order valence-corrected chi connectivity index (χ4v) is 2.11. The largest absolute Gasteiger partial charge is 0.377 e. The van der Waals surface area contributed by atoms with E-state index in [2.05, 4.69) is 12.3 Å². The molecule has 0 aromatic rings. The Morgan fingerprint density at radius 3 is 2.62 bits per heavy atom. The predicted molar refractivity (Wildman–Crippen MR) is 63.5 cm³/mol. The van der Waals surface area contributed by atoms with E-state index in [1.807, 2.05) is 13.8 Å². The van der Waals surface area contributed by atoms with E-state index >= 15 is 0 Å². The van der Waals surface area contributed by atoms with Gasteiger partial charge in [-0.25, -0.2) is 5.84 Å². The number of amides is 1. The number of nitrogens with one attached hydrogen (secondary N) is 1. The van der Waals surface area contributed by atoms with Crippen LogP contribution in [0.2, 0.25) is 0 Å². The highest BCUT2D eigenvalue weighted by molar-refractivity contribution is 5.81. The van der Waals surface area contributed by atoms with Crippen LogP contribution >= 0.6 is 0 Å². The van der Waals surface area contributed by atoms with Gasteiger partial charge in [-0.1, -0.05) is 19.8 Å². The molecule has 0 aromatic carbocycles. The number of rotatable bonds is 4. The minimum absolute atomic E-state index is 0.170. The molecule has 16 heavy (non-hydrogen) atoms. The first kappa shape index (κ1) is 13.5. The lowest BCUT2D eigenvalue weighted by molar-refractivity contribution is -0.135. The molecule has 0 radical (unpaired) electrons. The van der Waals surface area contributed by atoms with Crippen LogP contribution in [0, 0.1) is 11.3 Å². The maximum atomic E-state index is 11.5. The van der Waals surface area contributed by atoms with E-state index in [4.69, 9.17) is 10.6 Å². The quantitative estimate of drug-likeness (QED) is 0.436. The van der Waals surface area contributed by atoms with Crippen LogP contribution in [-0.2, 0) is 9.53 Å². The van der Waals surface area contributed by atoms with Gasteiger partial charge in [0.1, 0.15) is 0 Å². The molecule has 4 heteroatoms. The van der Waals surface area contributed by atoms with Gasteiger partial charge in [-0.3, -0.25) is 10.2 Å². The fourth-order valence-electron chi connectivity index (χ4n) is 2.11. The van der Waals surface area contributed by atoms with Crippen molar-refractivity contribution in [1.82, 2.24) is 5.43 Å². The van der Waals surface area contributed by atoms with Crippen molar-refractivity contribution in [3.8, 4) is 0 Å². The standard InChI is InChI=1S/C12H24N2O2/c1-9-6-4-5-7-10(9)16-8-12(2,3)11(15)14-13/h9-10H,4-8,13H2,1-3H3,(H,14,15). The zero-order valence-corrected chi connectivity index (χ0v) is 10.6. The number of carbonyl (C=O) groups is 1. The maximum Gasteiger partial charge on any atom is 0.241 e. The zero-order chi connectivity index (χ0) is 12.2. The third-order valence-electron chi connectivity index (χ3n) is 3.44. The van der Waals surface area contributed by atoms with E-state index in [1.165, 1.54) is 19.3 Å². The van der Waals surface area contributed by atoms with Gasteiger partial charge in [-0.05, 0) is 32.6 Å². The molecule has 1 fully saturated rings. The Balaban J connectivity index is 2.40. The molecule has 0 aliphatic heterocycles. The van der Waals surface area contributed by atoms with E-state index in [1.54, 1.807) is 0 Å². The average molecular weight is 228 g/mol. The second-order valence-electron chi connectivity index (χ2n) is 5.47. The molecular weight excluding hydrogens is 204 g/mol. The van der Waals surface area contributed by atoms with Gasteiger partial charge in [0.2, 0.25) is 5.91 Å². The Kier molecular flexibility index (Phi) is 4.74. The topological polar surface area (TPSA) is 64.3 Å². The molecule has 0 aromatic heterocycles. The Labute approximate surface area is 97.9 Å².